The molecule has 1 amide bonds. The van der Waals surface area contributed by atoms with E-state index in [0.29, 0.717) is 12.6 Å². The van der Waals surface area contributed by atoms with Gasteiger partial charge in [-0.05, 0) is 49.6 Å². The number of halogens is 1. The molecule has 3 rings (SSSR count). The van der Waals surface area contributed by atoms with Gasteiger partial charge < -0.3 is 10.6 Å². The number of nitrogens with zero attached hydrogens (tertiary/aromatic N) is 1. The zero-order chi connectivity index (χ0) is 13.2. The molecule has 0 unspecified atom stereocenters. The van der Waals surface area contributed by atoms with Crippen LogP contribution in [0.5, 0.6) is 0 Å². The van der Waals surface area contributed by atoms with Gasteiger partial charge >= 0.3 is 0 Å². The van der Waals surface area contributed by atoms with Crippen LogP contribution in [0.25, 0.3) is 0 Å². The number of carbonyl (C=O) groups is 1. The average Bonchev–Trinajstić information content (AvgIpc) is 2.73. The smallest absolute Gasteiger partial charge is 0.238 e. The van der Waals surface area contributed by atoms with Gasteiger partial charge in [-0.3, -0.25) is 9.69 Å². The number of likely N-dealkylation sites (N-methyl/N-ethyl adjacent to an activating group) is 1. The van der Waals surface area contributed by atoms with Gasteiger partial charge in [-0.15, -0.1) is 12.4 Å². The Morgan fingerprint density at radius 3 is 2.80 bits per heavy atom. The number of anilines is 1. The summed E-state index contributed by atoms with van der Waals surface area (Å²) in [5, 5.41) is 6.22. The fraction of sp³-hybridized carbons (Fsp3) is 0.533. The molecule has 4 nitrogen and oxygen atoms in total. The Kier molecular flexibility index (Phi) is 5.02. The van der Waals surface area contributed by atoms with Gasteiger partial charge in [0.25, 0.3) is 0 Å². The summed E-state index contributed by atoms with van der Waals surface area (Å²) >= 11 is 0. The highest BCUT2D eigenvalue weighted by Crippen LogP contribution is 2.24. The molecule has 1 saturated heterocycles. The molecular weight excluding hydrogens is 274 g/mol. The Morgan fingerprint density at radius 2 is 2.10 bits per heavy atom. The van der Waals surface area contributed by atoms with E-state index in [4.69, 9.17) is 0 Å². The van der Waals surface area contributed by atoms with Crippen LogP contribution in [0.15, 0.2) is 18.2 Å². The van der Waals surface area contributed by atoms with Crippen LogP contribution in [0.2, 0.25) is 0 Å². The molecule has 2 N–H and O–H groups in total. The molecule has 1 fully saturated rings. The Bertz CT molecular complexity index is 488. The van der Waals surface area contributed by atoms with Crippen LogP contribution in [0.1, 0.15) is 17.5 Å². The lowest BCUT2D eigenvalue weighted by atomic mass is 10.1. The minimum Gasteiger partial charge on any atom is -0.325 e. The fourth-order valence-corrected chi connectivity index (χ4v) is 2.79. The van der Waals surface area contributed by atoms with Crippen LogP contribution in [0, 0.1) is 0 Å². The highest BCUT2D eigenvalue weighted by atomic mass is 35.5. The summed E-state index contributed by atoms with van der Waals surface area (Å²) in [7, 11) is 2.01. The summed E-state index contributed by atoms with van der Waals surface area (Å²) in [5.41, 5.74) is 3.77. The first-order valence-electron chi connectivity index (χ1n) is 7.05. The molecule has 20 heavy (non-hydrogen) atoms. The van der Waals surface area contributed by atoms with E-state index in [9.17, 15) is 4.79 Å². The lowest BCUT2D eigenvalue weighted by molar-refractivity contribution is -0.117. The number of benzene rings is 1. The number of hydrogen-bond acceptors (Lipinski definition) is 3. The molecular formula is C15H22ClN3O. The number of carbonyl (C=O) groups excluding carboxylic acids is 1. The number of fused-ring (bicyclic) bond motifs is 1. The van der Waals surface area contributed by atoms with Crippen LogP contribution in [-0.2, 0) is 17.6 Å². The number of rotatable bonds is 4. The van der Waals surface area contributed by atoms with Crippen molar-refractivity contribution < 1.29 is 4.79 Å². The van der Waals surface area contributed by atoms with E-state index < -0.39 is 0 Å². The molecule has 1 aromatic rings. The number of hydrogen-bond donors (Lipinski definition) is 2. The van der Waals surface area contributed by atoms with E-state index in [1.165, 1.54) is 24.0 Å². The van der Waals surface area contributed by atoms with Crippen LogP contribution in [-0.4, -0.2) is 43.5 Å². The second-order valence-corrected chi connectivity index (χ2v) is 5.61. The lowest BCUT2D eigenvalue weighted by Crippen LogP contribution is -2.57. The normalized spacial score (nSPS) is 17.3. The van der Waals surface area contributed by atoms with Crippen LogP contribution in [0.3, 0.4) is 0 Å². The number of amides is 1. The summed E-state index contributed by atoms with van der Waals surface area (Å²) < 4.78 is 0. The fourth-order valence-electron chi connectivity index (χ4n) is 2.79. The SMILES string of the molecule is CN(CC(=O)Nc1ccc2c(c1)CCC2)C1CNC1.Cl. The van der Waals surface area contributed by atoms with Crippen molar-refractivity contribution in [1.29, 1.82) is 0 Å². The topological polar surface area (TPSA) is 44.4 Å². The van der Waals surface area contributed by atoms with Gasteiger partial charge in [0.15, 0.2) is 0 Å². The Morgan fingerprint density at radius 1 is 1.35 bits per heavy atom. The van der Waals surface area contributed by atoms with Crippen LogP contribution >= 0.6 is 12.4 Å². The van der Waals surface area contributed by atoms with Crippen LogP contribution < -0.4 is 10.6 Å². The number of aryl methyl sites for hydroxylation is 2. The summed E-state index contributed by atoms with van der Waals surface area (Å²) in [5.74, 6) is 0.0762. The monoisotopic (exact) mass is 295 g/mol. The van der Waals surface area contributed by atoms with Gasteiger partial charge in [0.2, 0.25) is 5.91 Å². The lowest BCUT2D eigenvalue weighted by Gasteiger charge is -2.35. The Balaban J connectivity index is 0.00000147. The highest BCUT2D eigenvalue weighted by molar-refractivity contribution is 5.92. The molecule has 0 aromatic heterocycles. The van der Waals surface area contributed by atoms with Gasteiger partial charge in [0.05, 0.1) is 6.54 Å². The van der Waals surface area contributed by atoms with Crippen molar-refractivity contribution in [3.63, 3.8) is 0 Å². The van der Waals surface area contributed by atoms with Gasteiger partial charge in [0.1, 0.15) is 0 Å². The summed E-state index contributed by atoms with van der Waals surface area (Å²) in [6.07, 6.45) is 3.57. The third-order valence-electron chi connectivity index (χ3n) is 4.16. The van der Waals surface area contributed by atoms with E-state index in [1.54, 1.807) is 0 Å². The highest BCUT2D eigenvalue weighted by Gasteiger charge is 2.23. The number of nitrogens with one attached hydrogen (secondary N) is 2. The molecule has 1 aliphatic carbocycles. The first-order valence-corrected chi connectivity index (χ1v) is 7.05. The van der Waals surface area contributed by atoms with Gasteiger partial charge in [-0.1, -0.05) is 6.07 Å². The zero-order valence-corrected chi connectivity index (χ0v) is 12.6. The molecule has 1 heterocycles. The van der Waals surface area contributed by atoms with Crippen molar-refractivity contribution in [2.24, 2.45) is 0 Å². The molecule has 0 saturated carbocycles. The summed E-state index contributed by atoms with van der Waals surface area (Å²) in [6, 6.07) is 6.81. The standard InChI is InChI=1S/C15H21N3O.ClH/c1-18(14-8-16-9-14)10-15(19)17-13-6-5-11-3-2-4-12(11)7-13;/h5-7,14,16H,2-4,8-10H2,1H3,(H,17,19);1H. The molecule has 0 atom stereocenters. The molecule has 110 valence electrons. The minimum atomic E-state index is 0. The van der Waals surface area contributed by atoms with E-state index in [1.807, 2.05) is 13.1 Å². The molecule has 0 radical (unpaired) electrons. The van der Waals surface area contributed by atoms with Crippen molar-refractivity contribution in [1.82, 2.24) is 10.2 Å². The van der Waals surface area contributed by atoms with Gasteiger partial charge in [-0.2, -0.15) is 0 Å². The maximum Gasteiger partial charge on any atom is 0.238 e. The molecule has 2 aliphatic rings. The molecule has 1 aliphatic heterocycles. The first-order chi connectivity index (χ1) is 9.22. The quantitative estimate of drug-likeness (QED) is 0.883. The first kappa shape index (κ1) is 15.3. The second kappa shape index (κ2) is 6.57. The predicted octanol–water partition coefficient (Wildman–Crippen LogP) is 1.44. The molecule has 0 spiro atoms. The minimum absolute atomic E-state index is 0. The van der Waals surface area contributed by atoms with E-state index in [-0.39, 0.29) is 18.3 Å². The third kappa shape index (κ3) is 3.32. The molecule has 1 aromatic carbocycles. The van der Waals surface area contributed by atoms with E-state index in [0.717, 1.165) is 25.2 Å². The zero-order valence-electron chi connectivity index (χ0n) is 11.8. The van der Waals surface area contributed by atoms with Crippen molar-refractivity contribution in [3.8, 4) is 0 Å². The summed E-state index contributed by atoms with van der Waals surface area (Å²) in [6.45, 7) is 2.44. The van der Waals surface area contributed by atoms with Crippen molar-refractivity contribution in [2.75, 3.05) is 32.0 Å². The maximum absolute atomic E-state index is 12.0. The molecule has 5 heteroatoms. The third-order valence-corrected chi connectivity index (χ3v) is 4.16. The van der Waals surface area contributed by atoms with Crippen LogP contribution in [0.4, 0.5) is 5.69 Å². The average molecular weight is 296 g/mol. The van der Waals surface area contributed by atoms with E-state index >= 15 is 0 Å². The Hall–Kier alpha value is -1.10. The van der Waals surface area contributed by atoms with Gasteiger partial charge in [0, 0.05) is 24.8 Å². The maximum atomic E-state index is 12.0. The summed E-state index contributed by atoms with van der Waals surface area (Å²) in [4.78, 5) is 14.1. The largest absolute Gasteiger partial charge is 0.325 e. The second-order valence-electron chi connectivity index (χ2n) is 5.61. The van der Waals surface area contributed by atoms with E-state index in [2.05, 4.69) is 27.7 Å². The Labute approximate surface area is 126 Å². The predicted molar refractivity (Wildman–Crippen MR) is 83.6 cm³/mol. The van der Waals surface area contributed by atoms with Gasteiger partial charge in [-0.25, -0.2) is 0 Å². The van der Waals surface area contributed by atoms with Crippen molar-refractivity contribution in [3.05, 3.63) is 29.3 Å². The van der Waals surface area contributed by atoms with Crippen molar-refractivity contribution >= 4 is 24.0 Å². The molecule has 0 bridgehead atoms. The van der Waals surface area contributed by atoms with Crippen molar-refractivity contribution in [2.45, 2.75) is 25.3 Å².